The molecule has 0 aliphatic carbocycles. The molecule has 1 aliphatic heterocycles. The van der Waals surface area contributed by atoms with E-state index in [4.69, 9.17) is 18.9 Å². The molecule has 8 nitrogen and oxygen atoms in total. The van der Waals surface area contributed by atoms with Crippen LogP contribution in [-0.2, 0) is 23.9 Å². The largest absolute Gasteiger partial charge is 0.493 e. The summed E-state index contributed by atoms with van der Waals surface area (Å²) < 4.78 is 21.2. The third-order valence-corrected chi connectivity index (χ3v) is 5.72. The van der Waals surface area contributed by atoms with Crippen LogP contribution in [0.25, 0.3) is 0 Å². The number of ether oxygens (including phenoxy) is 4. The van der Waals surface area contributed by atoms with E-state index in [9.17, 15) is 14.4 Å². The second-order valence-electron chi connectivity index (χ2n) is 6.48. The summed E-state index contributed by atoms with van der Waals surface area (Å²) in [5.41, 5.74) is 0. The first-order chi connectivity index (χ1) is 14.5. The monoisotopic (exact) mass is 439 g/mol. The minimum Gasteiger partial charge on any atom is -0.493 e. The van der Waals surface area contributed by atoms with E-state index in [0.717, 1.165) is 0 Å². The van der Waals surface area contributed by atoms with Gasteiger partial charge in [-0.1, -0.05) is 12.1 Å². The number of carbonyl (C=O) groups excluding carboxylic acids is 3. The number of esters is 2. The van der Waals surface area contributed by atoms with Crippen molar-refractivity contribution >= 4 is 29.6 Å². The predicted molar refractivity (Wildman–Crippen MR) is 112 cm³/mol. The lowest BCUT2D eigenvalue weighted by atomic mass is 10.2. The van der Waals surface area contributed by atoms with Crippen LogP contribution in [0, 0.1) is 0 Å². The highest BCUT2D eigenvalue weighted by Crippen LogP contribution is 2.33. The van der Waals surface area contributed by atoms with Gasteiger partial charge in [-0.3, -0.25) is 9.59 Å². The van der Waals surface area contributed by atoms with E-state index in [-0.39, 0.29) is 43.3 Å². The molecule has 1 fully saturated rings. The maximum absolute atomic E-state index is 12.9. The van der Waals surface area contributed by atoms with Crippen LogP contribution in [0.4, 0.5) is 0 Å². The van der Waals surface area contributed by atoms with E-state index in [1.807, 2.05) is 12.1 Å². The van der Waals surface area contributed by atoms with Crippen molar-refractivity contribution in [2.24, 2.45) is 0 Å². The molecule has 2 rings (SSSR count). The molecular formula is C21H29NO7S. The Labute approximate surface area is 181 Å². The van der Waals surface area contributed by atoms with Crippen molar-refractivity contribution in [3.63, 3.8) is 0 Å². The van der Waals surface area contributed by atoms with Gasteiger partial charge in [0, 0.05) is 18.6 Å². The molecule has 0 aromatic heterocycles. The molecule has 30 heavy (non-hydrogen) atoms. The van der Waals surface area contributed by atoms with Crippen LogP contribution in [0.3, 0.4) is 0 Å². The van der Waals surface area contributed by atoms with Crippen molar-refractivity contribution in [3.8, 4) is 11.5 Å². The molecule has 1 heterocycles. The SMILES string of the molecule is CCOC(=O)CCCC(=O)N1C(COc2ccccc2OC)SCC1C(=O)OCC. The number of thioether (sulfide) groups is 1. The highest BCUT2D eigenvalue weighted by Gasteiger charge is 2.42. The minimum atomic E-state index is -0.670. The van der Waals surface area contributed by atoms with Crippen LogP contribution in [-0.4, -0.2) is 66.8 Å². The number of benzene rings is 1. The topological polar surface area (TPSA) is 91.4 Å². The molecule has 2 unspecified atom stereocenters. The van der Waals surface area contributed by atoms with Crippen molar-refractivity contribution in [3.05, 3.63) is 24.3 Å². The lowest BCUT2D eigenvalue weighted by molar-refractivity contribution is -0.154. The van der Waals surface area contributed by atoms with E-state index in [0.29, 0.717) is 30.3 Å². The molecule has 0 spiro atoms. The van der Waals surface area contributed by atoms with E-state index < -0.39 is 12.0 Å². The van der Waals surface area contributed by atoms with Gasteiger partial charge >= 0.3 is 11.9 Å². The van der Waals surface area contributed by atoms with Gasteiger partial charge < -0.3 is 23.8 Å². The van der Waals surface area contributed by atoms with Gasteiger partial charge in [-0.25, -0.2) is 4.79 Å². The Kier molecular flexibility index (Phi) is 9.79. The Hall–Kier alpha value is -2.42. The summed E-state index contributed by atoms with van der Waals surface area (Å²) in [7, 11) is 1.56. The van der Waals surface area contributed by atoms with Crippen molar-refractivity contribution in [2.75, 3.05) is 32.7 Å². The van der Waals surface area contributed by atoms with Crippen LogP contribution >= 0.6 is 11.8 Å². The molecule has 2 atom stereocenters. The fourth-order valence-electron chi connectivity index (χ4n) is 3.09. The van der Waals surface area contributed by atoms with Gasteiger partial charge in [0.05, 0.1) is 20.3 Å². The lowest BCUT2D eigenvalue weighted by Gasteiger charge is -2.28. The van der Waals surface area contributed by atoms with Crippen LogP contribution in [0.2, 0.25) is 0 Å². The molecule has 1 aromatic carbocycles. The average molecular weight is 440 g/mol. The highest BCUT2D eigenvalue weighted by molar-refractivity contribution is 8.00. The predicted octanol–water partition coefficient (Wildman–Crippen LogP) is 2.64. The van der Waals surface area contributed by atoms with Crippen molar-refractivity contribution < 1.29 is 33.3 Å². The molecule has 1 saturated heterocycles. The summed E-state index contributed by atoms with van der Waals surface area (Å²) in [6, 6.07) is 6.58. The number of carbonyl (C=O) groups is 3. The maximum Gasteiger partial charge on any atom is 0.329 e. The van der Waals surface area contributed by atoms with Crippen molar-refractivity contribution in [1.29, 1.82) is 0 Å². The molecule has 1 aliphatic rings. The van der Waals surface area contributed by atoms with Crippen LogP contribution in [0.1, 0.15) is 33.1 Å². The Morgan fingerprint density at radius 2 is 1.77 bits per heavy atom. The lowest BCUT2D eigenvalue weighted by Crippen LogP contribution is -2.48. The van der Waals surface area contributed by atoms with Gasteiger partial charge in [-0.15, -0.1) is 11.8 Å². The van der Waals surface area contributed by atoms with E-state index >= 15 is 0 Å². The van der Waals surface area contributed by atoms with Crippen LogP contribution in [0.5, 0.6) is 11.5 Å². The maximum atomic E-state index is 12.9. The average Bonchev–Trinajstić information content (AvgIpc) is 3.17. The summed E-state index contributed by atoms with van der Waals surface area (Å²) >= 11 is 1.47. The molecule has 166 valence electrons. The van der Waals surface area contributed by atoms with E-state index in [2.05, 4.69) is 0 Å². The van der Waals surface area contributed by atoms with E-state index in [1.165, 1.54) is 16.7 Å². The Morgan fingerprint density at radius 3 is 2.43 bits per heavy atom. The van der Waals surface area contributed by atoms with Gasteiger partial charge in [0.2, 0.25) is 5.91 Å². The molecule has 0 N–H and O–H groups in total. The minimum absolute atomic E-state index is 0.139. The number of methoxy groups -OCH3 is 1. The molecule has 9 heteroatoms. The third-order valence-electron chi connectivity index (χ3n) is 4.47. The van der Waals surface area contributed by atoms with Gasteiger partial charge in [0.1, 0.15) is 18.0 Å². The summed E-state index contributed by atoms with van der Waals surface area (Å²) in [4.78, 5) is 38.4. The number of hydrogen-bond acceptors (Lipinski definition) is 8. The van der Waals surface area contributed by atoms with Gasteiger partial charge in [0.15, 0.2) is 11.5 Å². The van der Waals surface area contributed by atoms with Crippen molar-refractivity contribution in [1.82, 2.24) is 4.90 Å². The molecule has 0 saturated carbocycles. The normalized spacial score (nSPS) is 18.0. The van der Waals surface area contributed by atoms with Crippen LogP contribution < -0.4 is 9.47 Å². The Morgan fingerprint density at radius 1 is 1.07 bits per heavy atom. The summed E-state index contributed by atoms with van der Waals surface area (Å²) in [5.74, 6) is 0.617. The summed E-state index contributed by atoms with van der Waals surface area (Å²) in [6.07, 6.45) is 0.655. The zero-order valence-electron chi connectivity index (χ0n) is 17.6. The second kappa shape index (κ2) is 12.3. The van der Waals surface area contributed by atoms with Gasteiger partial charge in [0.25, 0.3) is 0 Å². The smallest absolute Gasteiger partial charge is 0.329 e. The fourth-order valence-corrected chi connectivity index (χ4v) is 4.38. The van der Waals surface area contributed by atoms with Gasteiger partial charge in [-0.2, -0.15) is 0 Å². The zero-order chi connectivity index (χ0) is 21.9. The highest BCUT2D eigenvalue weighted by atomic mass is 32.2. The molecule has 0 radical (unpaired) electrons. The fraction of sp³-hybridized carbons (Fsp3) is 0.571. The first-order valence-corrected chi connectivity index (χ1v) is 11.1. The summed E-state index contributed by atoms with van der Waals surface area (Å²) in [5, 5.41) is -0.348. The van der Waals surface area contributed by atoms with E-state index in [1.54, 1.807) is 33.1 Å². The third kappa shape index (κ3) is 6.55. The molecular weight excluding hydrogens is 410 g/mol. The zero-order valence-corrected chi connectivity index (χ0v) is 18.4. The number of rotatable bonds is 11. The Bertz CT molecular complexity index is 727. The number of nitrogens with zero attached hydrogens (tertiary/aromatic N) is 1. The number of hydrogen-bond donors (Lipinski definition) is 0. The number of amides is 1. The summed E-state index contributed by atoms with van der Waals surface area (Å²) in [6.45, 7) is 4.22. The Balaban J connectivity index is 2.04. The second-order valence-corrected chi connectivity index (χ2v) is 7.69. The first kappa shape index (κ1) is 23.9. The quantitative estimate of drug-likeness (QED) is 0.486. The molecule has 0 bridgehead atoms. The standard InChI is InChI=1S/C21H29NO7S/c1-4-27-20(24)12-8-11-18(23)22-15(21(25)28-5-2)14-30-19(22)13-29-17-10-7-6-9-16(17)26-3/h6-7,9-10,15,19H,4-5,8,11-14H2,1-3H3. The van der Waals surface area contributed by atoms with Crippen LogP contribution in [0.15, 0.2) is 24.3 Å². The van der Waals surface area contributed by atoms with Gasteiger partial charge in [-0.05, 0) is 32.4 Å². The van der Waals surface area contributed by atoms with Crippen molar-refractivity contribution in [2.45, 2.75) is 44.5 Å². The first-order valence-electron chi connectivity index (χ1n) is 10.0. The molecule has 1 aromatic rings. The molecule has 1 amide bonds. The number of para-hydroxylation sites is 2.